The van der Waals surface area contributed by atoms with Gasteiger partial charge in [-0.05, 0) is 36.1 Å². The van der Waals surface area contributed by atoms with Gasteiger partial charge in [-0.3, -0.25) is 19.7 Å². The molecule has 0 spiro atoms. The van der Waals surface area contributed by atoms with Crippen molar-refractivity contribution >= 4 is 40.6 Å². The molecule has 0 radical (unpaired) electrons. The van der Waals surface area contributed by atoms with Crippen LogP contribution in [0, 0.1) is 0 Å². The molecular weight excluding hydrogens is 392 g/mol. The van der Waals surface area contributed by atoms with Crippen molar-refractivity contribution < 1.29 is 14.4 Å². The Hall–Kier alpha value is -2.25. The van der Waals surface area contributed by atoms with Crippen LogP contribution in [0.1, 0.15) is 17.5 Å². The summed E-state index contributed by atoms with van der Waals surface area (Å²) < 4.78 is 0. The van der Waals surface area contributed by atoms with Crippen molar-refractivity contribution in [1.29, 1.82) is 0 Å². The number of hydrogen-bond acceptors (Lipinski definition) is 5. The number of imide groups is 1. The molecule has 2 aromatic carbocycles. The largest absolute Gasteiger partial charge is 0.356 e. The molecule has 5 nitrogen and oxygen atoms in total. The molecule has 1 fully saturated rings. The van der Waals surface area contributed by atoms with E-state index in [9.17, 15) is 14.4 Å². The maximum absolute atomic E-state index is 11.9. The SMILES string of the molecule is O=C(CCSc1ccccc1)NCCc1ccc(C[C@H]2SC(=O)NC2=O)cc1. The first-order valence-corrected chi connectivity index (χ1v) is 11.0. The Morgan fingerprint density at radius 2 is 1.75 bits per heavy atom. The molecular formula is C21H22N2O3S2. The molecule has 0 bridgehead atoms. The Morgan fingerprint density at radius 3 is 2.43 bits per heavy atom. The Balaban J connectivity index is 1.34. The van der Waals surface area contributed by atoms with E-state index in [0.717, 1.165) is 35.1 Å². The van der Waals surface area contributed by atoms with Gasteiger partial charge < -0.3 is 5.32 Å². The van der Waals surface area contributed by atoms with E-state index in [2.05, 4.69) is 10.6 Å². The fourth-order valence-corrected chi connectivity index (χ4v) is 4.53. The average molecular weight is 415 g/mol. The molecule has 0 aromatic heterocycles. The summed E-state index contributed by atoms with van der Waals surface area (Å²) in [6.45, 7) is 0.601. The van der Waals surface area contributed by atoms with Gasteiger partial charge in [-0.1, -0.05) is 54.2 Å². The normalized spacial score (nSPS) is 16.1. The molecule has 1 heterocycles. The van der Waals surface area contributed by atoms with Crippen molar-refractivity contribution in [1.82, 2.24) is 10.6 Å². The summed E-state index contributed by atoms with van der Waals surface area (Å²) in [5.41, 5.74) is 2.15. The van der Waals surface area contributed by atoms with Crippen LogP contribution in [0.5, 0.6) is 0 Å². The lowest BCUT2D eigenvalue weighted by molar-refractivity contribution is -0.121. The van der Waals surface area contributed by atoms with Crippen LogP contribution in [0.4, 0.5) is 4.79 Å². The van der Waals surface area contributed by atoms with Crippen molar-refractivity contribution in [3.8, 4) is 0 Å². The van der Waals surface area contributed by atoms with E-state index >= 15 is 0 Å². The summed E-state index contributed by atoms with van der Waals surface area (Å²) in [6.07, 6.45) is 1.80. The van der Waals surface area contributed by atoms with Gasteiger partial charge in [0.25, 0.3) is 5.24 Å². The number of carbonyl (C=O) groups is 3. The van der Waals surface area contributed by atoms with Gasteiger partial charge in [0, 0.05) is 23.6 Å². The Labute approximate surface area is 173 Å². The van der Waals surface area contributed by atoms with Crippen LogP contribution in [-0.2, 0) is 22.4 Å². The van der Waals surface area contributed by atoms with E-state index in [1.807, 2.05) is 54.6 Å². The molecule has 1 atom stereocenters. The zero-order valence-electron chi connectivity index (χ0n) is 15.4. The molecule has 3 rings (SSSR count). The van der Waals surface area contributed by atoms with Crippen molar-refractivity contribution in [3.05, 3.63) is 65.7 Å². The van der Waals surface area contributed by atoms with E-state index in [1.165, 1.54) is 4.90 Å². The van der Waals surface area contributed by atoms with Gasteiger partial charge in [-0.25, -0.2) is 0 Å². The zero-order valence-corrected chi connectivity index (χ0v) is 17.0. The van der Waals surface area contributed by atoms with Gasteiger partial charge in [0.05, 0.1) is 5.25 Å². The van der Waals surface area contributed by atoms with Crippen LogP contribution in [0.25, 0.3) is 0 Å². The highest BCUT2D eigenvalue weighted by Crippen LogP contribution is 2.23. The number of benzene rings is 2. The summed E-state index contributed by atoms with van der Waals surface area (Å²) in [4.78, 5) is 35.9. The topological polar surface area (TPSA) is 75.3 Å². The number of hydrogen-bond donors (Lipinski definition) is 2. The second kappa shape index (κ2) is 10.3. The highest BCUT2D eigenvalue weighted by Gasteiger charge is 2.31. The van der Waals surface area contributed by atoms with Gasteiger partial charge in [0.15, 0.2) is 0 Å². The lowest BCUT2D eigenvalue weighted by atomic mass is 10.1. The second-order valence-corrected chi connectivity index (χ2v) is 8.76. The van der Waals surface area contributed by atoms with Crippen LogP contribution in [-0.4, -0.2) is 34.6 Å². The van der Waals surface area contributed by atoms with Crippen molar-refractivity contribution in [2.45, 2.75) is 29.4 Å². The van der Waals surface area contributed by atoms with E-state index < -0.39 is 0 Å². The first-order chi connectivity index (χ1) is 13.6. The molecule has 2 N–H and O–H groups in total. The van der Waals surface area contributed by atoms with E-state index in [4.69, 9.17) is 0 Å². The highest BCUT2D eigenvalue weighted by atomic mass is 32.2. The lowest BCUT2D eigenvalue weighted by Crippen LogP contribution is -2.26. The van der Waals surface area contributed by atoms with Gasteiger partial charge in [-0.15, -0.1) is 11.8 Å². The molecule has 0 saturated carbocycles. The highest BCUT2D eigenvalue weighted by molar-refractivity contribution is 8.15. The molecule has 1 aliphatic heterocycles. The summed E-state index contributed by atoms with van der Waals surface area (Å²) in [6, 6.07) is 18.0. The van der Waals surface area contributed by atoms with E-state index in [1.54, 1.807) is 11.8 Å². The number of amides is 3. The minimum absolute atomic E-state index is 0.0639. The van der Waals surface area contributed by atoms with Crippen LogP contribution in [0.3, 0.4) is 0 Å². The third-order valence-electron chi connectivity index (χ3n) is 4.29. The van der Waals surface area contributed by atoms with Crippen LogP contribution >= 0.6 is 23.5 Å². The minimum atomic E-state index is -0.341. The number of rotatable bonds is 9. The molecule has 2 aromatic rings. The Kier molecular flexibility index (Phi) is 7.56. The third kappa shape index (κ3) is 6.42. The predicted octanol–water partition coefficient (Wildman–Crippen LogP) is 3.42. The first-order valence-electron chi connectivity index (χ1n) is 9.14. The van der Waals surface area contributed by atoms with Crippen LogP contribution in [0.2, 0.25) is 0 Å². The second-order valence-electron chi connectivity index (χ2n) is 6.42. The van der Waals surface area contributed by atoms with Gasteiger partial charge >= 0.3 is 0 Å². The van der Waals surface area contributed by atoms with Crippen LogP contribution in [0.15, 0.2) is 59.5 Å². The predicted molar refractivity (Wildman–Crippen MR) is 114 cm³/mol. The fraction of sp³-hybridized carbons (Fsp3) is 0.286. The summed E-state index contributed by atoms with van der Waals surface area (Å²) in [5, 5.41) is 4.64. The molecule has 0 aliphatic carbocycles. The quantitative estimate of drug-likeness (QED) is 0.615. The molecule has 0 unspecified atom stereocenters. The van der Waals surface area contributed by atoms with Gasteiger partial charge in [-0.2, -0.15) is 0 Å². The number of thioether (sulfide) groups is 2. The van der Waals surface area contributed by atoms with Crippen LogP contribution < -0.4 is 10.6 Å². The smallest absolute Gasteiger partial charge is 0.286 e. The van der Waals surface area contributed by atoms with Crippen molar-refractivity contribution in [2.24, 2.45) is 0 Å². The molecule has 1 saturated heterocycles. The average Bonchev–Trinajstić information content (AvgIpc) is 3.01. The minimum Gasteiger partial charge on any atom is -0.356 e. The Morgan fingerprint density at radius 1 is 1.04 bits per heavy atom. The standard InChI is InChI=1S/C21H22N2O3S2/c24-19(11-13-27-17-4-2-1-3-5-17)22-12-10-15-6-8-16(9-7-15)14-18-20(25)23-21(26)28-18/h1-9,18H,10-14H2,(H,22,24)(H,23,25,26)/t18-/m1/s1. The van der Waals surface area contributed by atoms with E-state index in [-0.39, 0.29) is 22.3 Å². The van der Waals surface area contributed by atoms with Crippen molar-refractivity contribution in [2.75, 3.05) is 12.3 Å². The summed E-state index contributed by atoms with van der Waals surface area (Å²) in [7, 11) is 0. The molecule has 7 heteroatoms. The van der Waals surface area contributed by atoms with E-state index in [0.29, 0.717) is 19.4 Å². The van der Waals surface area contributed by atoms with Crippen molar-refractivity contribution in [3.63, 3.8) is 0 Å². The zero-order chi connectivity index (χ0) is 19.8. The molecule has 1 aliphatic rings. The van der Waals surface area contributed by atoms with Gasteiger partial charge in [0.1, 0.15) is 0 Å². The number of nitrogens with one attached hydrogen (secondary N) is 2. The lowest BCUT2D eigenvalue weighted by Gasteiger charge is -2.08. The molecule has 146 valence electrons. The third-order valence-corrected chi connectivity index (χ3v) is 6.28. The monoisotopic (exact) mass is 414 g/mol. The summed E-state index contributed by atoms with van der Waals surface area (Å²) in [5.74, 6) is 0.612. The Bertz CT molecular complexity index is 825. The maximum Gasteiger partial charge on any atom is 0.286 e. The fourth-order valence-electron chi connectivity index (χ4n) is 2.80. The van der Waals surface area contributed by atoms with Gasteiger partial charge in [0.2, 0.25) is 11.8 Å². The first kappa shape index (κ1) is 20.5. The maximum atomic E-state index is 11.9. The molecule has 3 amide bonds. The number of carbonyl (C=O) groups excluding carboxylic acids is 3. The molecule has 28 heavy (non-hydrogen) atoms. The summed E-state index contributed by atoms with van der Waals surface area (Å²) >= 11 is 2.73.